The number of carbonyl (C=O) groups excluding carboxylic acids is 2. The quantitative estimate of drug-likeness (QED) is 0.799. The summed E-state index contributed by atoms with van der Waals surface area (Å²) in [6.07, 6.45) is 1.52. The zero-order chi connectivity index (χ0) is 12.7. The van der Waals surface area contributed by atoms with Crippen LogP contribution in [0.5, 0.6) is 0 Å². The van der Waals surface area contributed by atoms with Gasteiger partial charge in [0.25, 0.3) is 11.8 Å². The lowest BCUT2D eigenvalue weighted by molar-refractivity contribution is 0.0642. The fourth-order valence-corrected chi connectivity index (χ4v) is 3.30. The van der Waals surface area contributed by atoms with Gasteiger partial charge in [-0.25, -0.2) is 0 Å². The number of carbonyl (C=O) groups is 2. The lowest BCUT2D eigenvalue weighted by Crippen LogP contribution is -2.28. The normalized spacial score (nSPS) is 14.2. The third-order valence-electron chi connectivity index (χ3n) is 2.72. The standard InChI is InChI=1S/C12H7BrN2O2S/c13-8-3-5-18-9(8)6-15-11(16)7-2-1-4-14-10(7)12(15)17/h1-5H,6H2. The summed E-state index contributed by atoms with van der Waals surface area (Å²) >= 11 is 4.90. The Balaban J connectivity index is 1.95. The first-order valence-electron chi connectivity index (χ1n) is 5.21. The molecule has 0 atom stereocenters. The number of aromatic nitrogens is 1. The third kappa shape index (κ3) is 1.69. The third-order valence-corrected chi connectivity index (χ3v) is 4.63. The summed E-state index contributed by atoms with van der Waals surface area (Å²) in [6.45, 7) is 0.284. The maximum absolute atomic E-state index is 12.1. The van der Waals surface area contributed by atoms with Gasteiger partial charge in [0.1, 0.15) is 5.69 Å². The fourth-order valence-electron chi connectivity index (χ4n) is 1.84. The van der Waals surface area contributed by atoms with Crippen LogP contribution < -0.4 is 0 Å². The fraction of sp³-hybridized carbons (Fsp3) is 0.0833. The largest absolute Gasteiger partial charge is 0.280 e. The van der Waals surface area contributed by atoms with Crippen LogP contribution in [0.1, 0.15) is 25.7 Å². The Morgan fingerprint density at radius 1 is 1.28 bits per heavy atom. The predicted molar refractivity (Wildman–Crippen MR) is 70.5 cm³/mol. The molecule has 2 aromatic heterocycles. The van der Waals surface area contributed by atoms with Crippen molar-refractivity contribution in [1.29, 1.82) is 0 Å². The number of rotatable bonds is 2. The molecule has 0 aromatic carbocycles. The van der Waals surface area contributed by atoms with Crippen LogP contribution in [0.4, 0.5) is 0 Å². The van der Waals surface area contributed by atoms with E-state index >= 15 is 0 Å². The van der Waals surface area contributed by atoms with Gasteiger partial charge in [-0.15, -0.1) is 11.3 Å². The second-order valence-corrected chi connectivity index (χ2v) is 5.64. The average molecular weight is 323 g/mol. The summed E-state index contributed by atoms with van der Waals surface area (Å²) in [5, 5.41) is 1.91. The number of fused-ring (bicyclic) bond motifs is 1. The van der Waals surface area contributed by atoms with Crippen molar-refractivity contribution in [1.82, 2.24) is 9.88 Å². The van der Waals surface area contributed by atoms with E-state index in [0.29, 0.717) is 5.56 Å². The van der Waals surface area contributed by atoms with Gasteiger partial charge in [0.15, 0.2) is 0 Å². The molecule has 0 spiro atoms. The van der Waals surface area contributed by atoms with Gasteiger partial charge in [0.05, 0.1) is 12.1 Å². The van der Waals surface area contributed by atoms with Crippen molar-refractivity contribution in [3.63, 3.8) is 0 Å². The number of imide groups is 1. The summed E-state index contributed by atoms with van der Waals surface area (Å²) in [4.78, 5) is 30.3. The molecule has 0 saturated heterocycles. The Bertz CT molecular complexity index is 618. The SMILES string of the molecule is O=C1c2cccnc2C(=O)N1Cc1sccc1Br. The minimum atomic E-state index is -0.323. The Morgan fingerprint density at radius 3 is 2.78 bits per heavy atom. The highest BCUT2D eigenvalue weighted by molar-refractivity contribution is 9.10. The van der Waals surface area contributed by atoms with Gasteiger partial charge in [0, 0.05) is 15.5 Å². The monoisotopic (exact) mass is 322 g/mol. The molecule has 0 radical (unpaired) electrons. The molecule has 3 heterocycles. The first kappa shape index (κ1) is 11.6. The molecule has 2 aromatic rings. The van der Waals surface area contributed by atoms with Crippen molar-refractivity contribution in [2.45, 2.75) is 6.54 Å². The van der Waals surface area contributed by atoms with E-state index in [0.717, 1.165) is 9.35 Å². The van der Waals surface area contributed by atoms with Crippen molar-refractivity contribution in [2.75, 3.05) is 0 Å². The van der Waals surface area contributed by atoms with Crippen molar-refractivity contribution < 1.29 is 9.59 Å². The summed E-state index contributed by atoms with van der Waals surface area (Å²) in [5.41, 5.74) is 0.630. The van der Waals surface area contributed by atoms with Gasteiger partial charge < -0.3 is 0 Å². The molecule has 0 N–H and O–H groups in total. The van der Waals surface area contributed by atoms with Gasteiger partial charge in [-0.3, -0.25) is 19.5 Å². The molecule has 0 bridgehead atoms. The maximum Gasteiger partial charge on any atom is 0.280 e. The summed E-state index contributed by atoms with van der Waals surface area (Å²) in [7, 11) is 0. The zero-order valence-corrected chi connectivity index (χ0v) is 11.5. The minimum Gasteiger partial charge on any atom is -0.268 e. The molecule has 0 saturated carbocycles. The number of halogens is 1. The van der Waals surface area contributed by atoms with Crippen molar-refractivity contribution in [3.05, 3.63) is 50.4 Å². The van der Waals surface area contributed by atoms with Gasteiger partial charge in [-0.05, 0) is 39.5 Å². The van der Waals surface area contributed by atoms with Crippen LogP contribution in [0.15, 0.2) is 34.2 Å². The highest BCUT2D eigenvalue weighted by Gasteiger charge is 2.36. The van der Waals surface area contributed by atoms with Crippen LogP contribution in [0.3, 0.4) is 0 Å². The van der Waals surface area contributed by atoms with Crippen LogP contribution in [0, 0.1) is 0 Å². The average Bonchev–Trinajstić information content (AvgIpc) is 2.89. The van der Waals surface area contributed by atoms with E-state index in [9.17, 15) is 9.59 Å². The number of amides is 2. The summed E-state index contributed by atoms with van der Waals surface area (Å²) < 4.78 is 0.914. The molecule has 18 heavy (non-hydrogen) atoms. The Kier molecular flexibility index (Phi) is 2.76. The molecule has 90 valence electrons. The highest BCUT2D eigenvalue weighted by Crippen LogP contribution is 2.28. The number of hydrogen-bond donors (Lipinski definition) is 0. The molecule has 0 unspecified atom stereocenters. The summed E-state index contributed by atoms with van der Waals surface area (Å²) in [6, 6.07) is 5.19. The van der Waals surface area contributed by atoms with Crippen molar-refractivity contribution in [2.24, 2.45) is 0 Å². The lowest BCUT2D eigenvalue weighted by Gasteiger charge is -2.12. The van der Waals surface area contributed by atoms with Gasteiger partial charge >= 0.3 is 0 Å². The van der Waals surface area contributed by atoms with E-state index in [1.54, 1.807) is 12.1 Å². The molecule has 4 nitrogen and oxygen atoms in total. The van der Waals surface area contributed by atoms with E-state index in [1.165, 1.54) is 22.4 Å². The topological polar surface area (TPSA) is 50.3 Å². The van der Waals surface area contributed by atoms with Gasteiger partial charge in [-0.1, -0.05) is 0 Å². The van der Waals surface area contributed by atoms with E-state index < -0.39 is 0 Å². The van der Waals surface area contributed by atoms with Crippen molar-refractivity contribution >= 4 is 39.1 Å². The van der Waals surface area contributed by atoms with Crippen LogP contribution >= 0.6 is 27.3 Å². The first-order chi connectivity index (χ1) is 8.68. The van der Waals surface area contributed by atoms with Crippen LogP contribution in [0.25, 0.3) is 0 Å². The number of thiophene rings is 1. The van der Waals surface area contributed by atoms with E-state index in [-0.39, 0.29) is 24.1 Å². The maximum atomic E-state index is 12.1. The Morgan fingerprint density at radius 2 is 2.11 bits per heavy atom. The van der Waals surface area contributed by atoms with Gasteiger partial charge in [-0.2, -0.15) is 0 Å². The second kappa shape index (κ2) is 4.29. The first-order valence-corrected chi connectivity index (χ1v) is 6.89. The predicted octanol–water partition coefficient (Wildman–Crippen LogP) is 2.70. The molecular formula is C12H7BrN2O2S. The number of hydrogen-bond acceptors (Lipinski definition) is 4. The lowest BCUT2D eigenvalue weighted by atomic mass is 10.2. The van der Waals surface area contributed by atoms with E-state index in [2.05, 4.69) is 20.9 Å². The molecule has 1 aliphatic heterocycles. The molecule has 2 amide bonds. The Labute approximate surface area is 115 Å². The van der Waals surface area contributed by atoms with Crippen LogP contribution in [0.2, 0.25) is 0 Å². The van der Waals surface area contributed by atoms with E-state index in [4.69, 9.17) is 0 Å². The molecule has 3 rings (SSSR count). The second-order valence-electron chi connectivity index (χ2n) is 3.79. The zero-order valence-electron chi connectivity index (χ0n) is 9.09. The Hall–Kier alpha value is -1.53. The molecule has 1 aliphatic rings. The van der Waals surface area contributed by atoms with Crippen molar-refractivity contribution in [3.8, 4) is 0 Å². The van der Waals surface area contributed by atoms with E-state index in [1.807, 2.05) is 11.4 Å². The van der Waals surface area contributed by atoms with Crippen LogP contribution in [-0.2, 0) is 6.54 Å². The highest BCUT2D eigenvalue weighted by atomic mass is 79.9. The minimum absolute atomic E-state index is 0.246. The summed E-state index contributed by atoms with van der Waals surface area (Å²) in [5.74, 6) is -0.598. The number of pyridine rings is 1. The number of nitrogens with zero attached hydrogens (tertiary/aromatic N) is 2. The van der Waals surface area contributed by atoms with Gasteiger partial charge in [0.2, 0.25) is 0 Å². The molecule has 0 aliphatic carbocycles. The molecule has 0 fully saturated rings. The molecular weight excluding hydrogens is 316 g/mol. The smallest absolute Gasteiger partial charge is 0.268 e. The molecule has 6 heteroatoms. The van der Waals surface area contributed by atoms with Crippen LogP contribution in [-0.4, -0.2) is 21.7 Å².